The van der Waals surface area contributed by atoms with Gasteiger partial charge in [-0.05, 0) is 29.8 Å². The van der Waals surface area contributed by atoms with Crippen molar-refractivity contribution >= 4 is 45.6 Å². The molecule has 0 aliphatic heterocycles. The monoisotopic (exact) mass is 410 g/mol. The van der Waals surface area contributed by atoms with E-state index >= 15 is 0 Å². The Morgan fingerprint density at radius 3 is 2.39 bits per heavy atom. The molecule has 6 heteroatoms. The fourth-order valence-corrected chi connectivity index (χ4v) is 3.28. The van der Waals surface area contributed by atoms with Crippen molar-refractivity contribution in [2.75, 3.05) is 6.61 Å². The lowest BCUT2D eigenvalue weighted by atomic mass is 10.2. The van der Waals surface area contributed by atoms with Gasteiger partial charge in [-0.1, -0.05) is 41.9 Å². The molecule has 0 saturated heterocycles. The first-order chi connectivity index (χ1) is 10.8. The van der Waals surface area contributed by atoms with Crippen LogP contribution in [0.5, 0.6) is 0 Å². The highest BCUT2D eigenvalue weighted by atomic mass is 79.9. The Morgan fingerprint density at radius 2 is 1.74 bits per heavy atom. The molecule has 1 heterocycles. The Bertz CT molecular complexity index is 813. The maximum atomic E-state index is 9.37. The van der Waals surface area contributed by atoms with Crippen LogP contribution in [0.2, 0.25) is 5.02 Å². The van der Waals surface area contributed by atoms with Crippen molar-refractivity contribution in [2.45, 2.75) is 6.54 Å². The molecule has 120 valence electrons. The molecule has 0 bridgehead atoms. The third-order valence-electron chi connectivity index (χ3n) is 3.24. The van der Waals surface area contributed by atoms with Gasteiger partial charge < -0.3 is 9.67 Å². The van der Waals surface area contributed by atoms with Crippen LogP contribution in [0.4, 0.5) is 5.69 Å². The number of rotatable bonds is 4. The molecule has 0 saturated carbocycles. The van der Waals surface area contributed by atoms with E-state index in [2.05, 4.69) is 10.4 Å². The Labute approximate surface area is 154 Å². The van der Waals surface area contributed by atoms with Crippen LogP contribution in [0.1, 0.15) is 0 Å². The van der Waals surface area contributed by atoms with Gasteiger partial charge in [0, 0.05) is 16.9 Å². The van der Waals surface area contributed by atoms with Gasteiger partial charge in [0.05, 0.1) is 18.0 Å². The Morgan fingerprint density at radius 1 is 1.04 bits per heavy atom. The van der Waals surface area contributed by atoms with Crippen LogP contribution in [0.3, 0.4) is 0 Å². The van der Waals surface area contributed by atoms with Gasteiger partial charge in [-0.25, -0.2) is 4.99 Å². The minimum Gasteiger partial charge on any atom is -0.395 e. The Balaban J connectivity index is 0.00000192. The number of aliphatic hydroxyl groups is 1. The van der Waals surface area contributed by atoms with E-state index in [0.717, 1.165) is 21.7 Å². The summed E-state index contributed by atoms with van der Waals surface area (Å²) in [7, 11) is 0. The van der Waals surface area contributed by atoms with Crippen molar-refractivity contribution < 1.29 is 5.11 Å². The molecule has 0 spiro atoms. The molecule has 0 atom stereocenters. The highest BCUT2D eigenvalue weighted by Crippen LogP contribution is 2.22. The van der Waals surface area contributed by atoms with Crippen LogP contribution in [0.15, 0.2) is 65.0 Å². The van der Waals surface area contributed by atoms with Crippen LogP contribution in [-0.2, 0) is 6.54 Å². The molecule has 0 unspecified atom stereocenters. The van der Waals surface area contributed by atoms with Crippen molar-refractivity contribution in [3.8, 4) is 11.3 Å². The predicted molar refractivity (Wildman–Crippen MR) is 102 cm³/mol. The summed E-state index contributed by atoms with van der Waals surface area (Å²) in [5.74, 6) is 0. The van der Waals surface area contributed by atoms with Gasteiger partial charge in [-0.3, -0.25) is 0 Å². The number of thiazole rings is 1. The third-order valence-corrected chi connectivity index (χ3v) is 4.36. The fourth-order valence-electron chi connectivity index (χ4n) is 2.20. The van der Waals surface area contributed by atoms with Crippen molar-refractivity contribution in [3.05, 3.63) is 69.8 Å². The average molecular weight is 412 g/mol. The van der Waals surface area contributed by atoms with Crippen molar-refractivity contribution in [1.82, 2.24) is 4.57 Å². The van der Waals surface area contributed by atoms with E-state index in [-0.39, 0.29) is 23.6 Å². The van der Waals surface area contributed by atoms with Crippen molar-refractivity contribution in [1.29, 1.82) is 0 Å². The third kappa shape index (κ3) is 4.32. The molecule has 0 fully saturated rings. The molecule has 0 aliphatic rings. The molecule has 3 aromatic rings. The standard InChI is InChI=1S/C17H15ClN2OS.BrH/c18-14-8-6-13(7-9-14)16-12-22-17(20(16)10-11-21)19-15-4-2-1-3-5-15;/h1-9,12,21H,10-11H2;1H. The van der Waals surface area contributed by atoms with E-state index in [1.54, 1.807) is 11.3 Å². The number of aromatic nitrogens is 1. The van der Waals surface area contributed by atoms with Gasteiger partial charge in [-0.2, -0.15) is 0 Å². The number of nitrogens with zero attached hydrogens (tertiary/aromatic N) is 2. The molecule has 3 nitrogen and oxygen atoms in total. The number of hydrogen-bond acceptors (Lipinski definition) is 3. The highest BCUT2D eigenvalue weighted by Gasteiger charge is 2.07. The van der Waals surface area contributed by atoms with Crippen LogP contribution in [0, 0.1) is 0 Å². The zero-order valence-corrected chi connectivity index (χ0v) is 15.5. The van der Waals surface area contributed by atoms with E-state index in [9.17, 15) is 5.11 Å². The number of hydrogen-bond donors (Lipinski definition) is 1. The molecule has 0 aliphatic carbocycles. The topological polar surface area (TPSA) is 37.5 Å². The molecule has 3 rings (SSSR count). The lowest BCUT2D eigenvalue weighted by Crippen LogP contribution is -2.17. The second-order valence-electron chi connectivity index (χ2n) is 4.73. The van der Waals surface area contributed by atoms with Gasteiger partial charge in [0.15, 0.2) is 4.80 Å². The summed E-state index contributed by atoms with van der Waals surface area (Å²) in [6.07, 6.45) is 0. The van der Waals surface area contributed by atoms with Gasteiger partial charge in [0.1, 0.15) is 0 Å². The van der Waals surface area contributed by atoms with Gasteiger partial charge in [0.25, 0.3) is 0 Å². The van der Waals surface area contributed by atoms with E-state index in [0.29, 0.717) is 11.6 Å². The van der Waals surface area contributed by atoms with E-state index in [4.69, 9.17) is 11.6 Å². The van der Waals surface area contributed by atoms with Crippen molar-refractivity contribution in [2.24, 2.45) is 4.99 Å². The molecule has 23 heavy (non-hydrogen) atoms. The van der Waals surface area contributed by atoms with Crippen LogP contribution >= 0.6 is 39.9 Å². The van der Waals surface area contributed by atoms with Gasteiger partial charge >= 0.3 is 0 Å². The fraction of sp³-hybridized carbons (Fsp3) is 0.118. The van der Waals surface area contributed by atoms with Crippen molar-refractivity contribution in [3.63, 3.8) is 0 Å². The van der Waals surface area contributed by atoms with Gasteiger partial charge in [0.2, 0.25) is 0 Å². The molecule has 0 radical (unpaired) electrons. The molecular weight excluding hydrogens is 396 g/mol. The average Bonchev–Trinajstić information content (AvgIpc) is 2.92. The smallest absolute Gasteiger partial charge is 0.190 e. The Hall–Kier alpha value is -1.40. The summed E-state index contributed by atoms with van der Waals surface area (Å²) in [5, 5.41) is 12.1. The lowest BCUT2D eigenvalue weighted by Gasteiger charge is -2.07. The van der Waals surface area contributed by atoms with E-state index < -0.39 is 0 Å². The largest absolute Gasteiger partial charge is 0.395 e. The Kier molecular flexibility index (Phi) is 6.59. The second-order valence-corrected chi connectivity index (χ2v) is 6.01. The highest BCUT2D eigenvalue weighted by molar-refractivity contribution is 8.93. The molecule has 0 amide bonds. The summed E-state index contributed by atoms with van der Waals surface area (Å²) in [4.78, 5) is 5.53. The van der Waals surface area contributed by atoms with Gasteiger partial charge in [-0.15, -0.1) is 28.3 Å². The van der Waals surface area contributed by atoms with Crippen LogP contribution < -0.4 is 4.80 Å². The first-order valence-electron chi connectivity index (χ1n) is 6.93. The first kappa shape index (κ1) is 17.9. The number of aliphatic hydroxyl groups excluding tert-OH is 1. The van der Waals surface area contributed by atoms with E-state index in [1.165, 1.54) is 0 Å². The number of halogens is 2. The SMILES string of the molecule is Br.OCCn1c(-c2ccc(Cl)cc2)csc1=Nc1ccccc1. The maximum absolute atomic E-state index is 9.37. The van der Waals surface area contributed by atoms with Crippen LogP contribution in [0.25, 0.3) is 11.3 Å². The lowest BCUT2D eigenvalue weighted by molar-refractivity contribution is 0.275. The molecular formula is C17H16BrClN2OS. The normalized spacial score (nSPS) is 11.3. The maximum Gasteiger partial charge on any atom is 0.190 e. The first-order valence-corrected chi connectivity index (χ1v) is 8.18. The molecule has 2 aromatic carbocycles. The zero-order chi connectivity index (χ0) is 15.4. The predicted octanol–water partition coefficient (Wildman–Crippen LogP) is 4.67. The van der Waals surface area contributed by atoms with E-state index in [1.807, 2.05) is 59.2 Å². The minimum atomic E-state index is 0. The summed E-state index contributed by atoms with van der Waals surface area (Å²) < 4.78 is 2.03. The summed E-state index contributed by atoms with van der Waals surface area (Å²) >= 11 is 7.51. The summed E-state index contributed by atoms with van der Waals surface area (Å²) in [6, 6.07) is 17.5. The zero-order valence-electron chi connectivity index (χ0n) is 12.2. The van der Waals surface area contributed by atoms with Crippen LogP contribution in [-0.4, -0.2) is 16.3 Å². The molecule has 1 aromatic heterocycles. The molecule has 1 N–H and O–H groups in total. The summed E-state index contributed by atoms with van der Waals surface area (Å²) in [5.41, 5.74) is 2.99. The minimum absolute atomic E-state index is 0. The number of para-hydroxylation sites is 1. The summed E-state index contributed by atoms with van der Waals surface area (Å²) in [6.45, 7) is 0.576. The second kappa shape index (κ2) is 8.45. The quantitative estimate of drug-likeness (QED) is 0.665. The number of benzene rings is 2.